The number of quaternary nitrogens is 1. The summed E-state index contributed by atoms with van der Waals surface area (Å²) in [6.45, 7) is 11.1. The maximum Gasteiger partial charge on any atom is 0.329 e. The Morgan fingerprint density at radius 1 is 1.13 bits per heavy atom. The van der Waals surface area contributed by atoms with E-state index >= 15 is 0 Å². The van der Waals surface area contributed by atoms with E-state index in [-0.39, 0.29) is 17.4 Å². The van der Waals surface area contributed by atoms with Crippen molar-refractivity contribution in [3.05, 3.63) is 29.8 Å². The van der Waals surface area contributed by atoms with E-state index in [1.807, 2.05) is 7.05 Å². The molecular formula is C24H37N4O3+. The number of amides is 3. The van der Waals surface area contributed by atoms with E-state index in [1.54, 1.807) is 0 Å². The lowest BCUT2D eigenvalue weighted by atomic mass is 9.64. The van der Waals surface area contributed by atoms with E-state index in [4.69, 9.17) is 4.74 Å². The molecule has 3 aliphatic rings. The van der Waals surface area contributed by atoms with Crippen molar-refractivity contribution in [2.45, 2.75) is 52.1 Å². The Balaban J connectivity index is 1.37. The second-order valence-corrected chi connectivity index (χ2v) is 10.7. The van der Waals surface area contributed by atoms with E-state index in [0.717, 1.165) is 50.6 Å². The highest BCUT2D eigenvalue weighted by molar-refractivity contribution is 6.07. The van der Waals surface area contributed by atoms with E-state index in [2.05, 4.69) is 55.3 Å². The molecule has 0 radical (unpaired) electrons. The van der Waals surface area contributed by atoms with Crippen LogP contribution in [-0.2, 0) is 16.1 Å². The number of hydrogen-bond acceptors (Lipinski definition) is 4. The Bertz CT molecular complexity index is 819. The summed E-state index contributed by atoms with van der Waals surface area (Å²) in [6.07, 6.45) is 2.54. The lowest BCUT2D eigenvalue weighted by Gasteiger charge is -2.43. The number of carbonyl (C=O) groups is 2. The van der Waals surface area contributed by atoms with Gasteiger partial charge in [0.05, 0.1) is 20.3 Å². The number of hydrogen-bond donors (Lipinski definition) is 2. The van der Waals surface area contributed by atoms with E-state index in [1.165, 1.54) is 16.2 Å². The smallest absolute Gasteiger partial charge is 0.329 e. The minimum absolute atomic E-state index is 0.0425. The van der Waals surface area contributed by atoms with E-state index in [0.29, 0.717) is 19.0 Å². The Labute approximate surface area is 185 Å². The lowest BCUT2D eigenvalue weighted by Crippen LogP contribution is -3.09. The van der Waals surface area contributed by atoms with Crippen LogP contribution in [0, 0.1) is 11.3 Å². The van der Waals surface area contributed by atoms with Crippen molar-refractivity contribution < 1.29 is 19.2 Å². The number of nitrogens with one attached hydrogen (secondary N) is 2. The molecule has 2 N–H and O–H groups in total. The molecule has 0 aromatic heterocycles. The average Bonchev–Trinajstić information content (AvgIpc) is 2.91. The number of morpholine rings is 1. The quantitative estimate of drug-likeness (QED) is 0.699. The summed E-state index contributed by atoms with van der Waals surface area (Å²) in [4.78, 5) is 31.0. The third kappa shape index (κ3) is 4.72. The van der Waals surface area contributed by atoms with Crippen molar-refractivity contribution in [1.29, 1.82) is 0 Å². The van der Waals surface area contributed by atoms with Gasteiger partial charge in [0, 0.05) is 24.3 Å². The van der Waals surface area contributed by atoms with Gasteiger partial charge in [-0.1, -0.05) is 32.9 Å². The number of carbonyl (C=O) groups excluding carboxylic acids is 2. The predicted molar refractivity (Wildman–Crippen MR) is 120 cm³/mol. The molecule has 3 atom stereocenters. The Morgan fingerprint density at radius 2 is 1.81 bits per heavy atom. The highest BCUT2D eigenvalue weighted by atomic mass is 16.5. The van der Waals surface area contributed by atoms with E-state index in [9.17, 15) is 9.59 Å². The van der Waals surface area contributed by atoms with Crippen molar-refractivity contribution in [3.63, 3.8) is 0 Å². The summed E-state index contributed by atoms with van der Waals surface area (Å²) in [5.74, 6) is 0.377. The molecule has 1 unspecified atom stereocenters. The van der Waals surface area contributed by atoms with Gasteiger partial charge in [0.15, 0.2) is 6.67 Å². The standard InChI is InChI=1S/C24H36N4O3/c1-18-13-23(2,3)16-24(14-18)21(29)28(22(30)25-24)17-26(4)15-19-5-7-20(8-6-19)27-9-11-31-12-10-27/h5-8,18H,9-17H2,1-4H3,(H,25,30)/p+1/t18-,24+/m1/s1. The van der Waals surface area contributed by atoms with Crippen molar-refractivity contribution in [1.82, 2.24) is 10.2 Å². The van der Waals surface area contributed by atoms with Gasteiger partial charge in [-0.25, -0.2) is 9.69 Å². The maximum atomic E-state index is 13.3. The molecule has 3 amide bonds. The molecule has 1 aromatic carbocycles. The normalized spacial score (nSPS) is 29.4. The molecule has 2 aliphatic heterocycles. The maximum absolute atomic E-state index is 13.3. The minimum atomic E-state index is -0.724. The average molecular weight is 430 g/mol. The minimum Gasteiger partial charge on any atom is -0.378 e. The zero-order valence-electron chi connectivity index (χ0n) is 19.4. The summed E-state index contributed by atoms with van der Waals surface area (Å²) in [6, 6.07) is 8.36. The molecule has 1 saturated carbocycles. The Hall–Kier alpha value is -2.12. The first-order valence-corrected chi connectivity index (χ1v) is 11.5. The summed E-state index contributed by atoms with van der Waals surface area (Å²) in [5.41, 5.74) is 1.74. The van der Waals surface area contributed by atoms with Crippen LogP contribution in [-0.4, -0.2) is 62.4 Å². The third-order valence-corrected chi connectivity index (χ3v) is 6.87. The number of nitrogens with zero attached hydrogens (tertiary/aromatic N) is 2. The number of rotatable bonds is 5. The zero-order valence-corrected chi connectivity index (χ0v) is 19.4. The third-order valence-electron chi connectivity index (χ3n) is 6.87. The van der Waals surface area contributed by atoms with Gasteiger partial charge in [0.2, 0.25) is 0 Å². The van der Waals surface area contributed by atoms with Crippen LogP contribution in [0.1, 0.15) is 45.6 Å². The first kappa shape index (κ1) is 22.1. The van der Waals surface area contributed by atoms with Gasteiger partial charge < -0.3 is 19.9 Å². The van der Waals surface area contributed by atoms with Crippen LogP contribution in [0.25, 0.3) is 0 Å². The molecule has 2 saturated heterocycles. The topological polar surface area (TPSA) is 66.3 Å². The number of urea groups is 1. The van der Waals surface area contributed by atoms with Crippen LogP contribution in [0.15, 0.2) is 24.3 Å². The summed E-state index contributed by atoms with van der Waals surface area (Å²) in [7, 11) is 2.04. The number of ether oxygens (including phenoxy) is 1. The number of anilines is 1. The van der Waals surface area contributed by atoms with Crippen molar-refractivity contribution in [2.75, 3.05) is 44.9 Å². The fourth-order valence-electron chi connectivity index (χ4n) is 5.97. The van der Waals surface area contributed by atoms with Crippen LogP contribution in [0.4, 0.5) is 10.5 Å². The monoisotopic (exact) mass is 429 g/mol. The fraction of sp³-hybridized carbons (Fsp3) is 0.667. The van der Waals surface area contributed by atoms with Crippen LogP contribution in [0.5, 0.6) is 0 Å². The molecule has 7 nitrogen and oxygen atoms in total. The molecule has 2 heterocycles. The molecule has 0 bridgehead atoms. The largest absolute Gasteiger partial charge is 0.378 e. The van der Waals surface area contributed by atoms with Gasteiger partial charge in [-0.15, -0.1) is 0 Å². The second kappa shape index (κ2) is 8.43. The second-order valence-electron chi connectivity index (χ2n) is 10.7. The van der Waals surface area contributed by atoms with E-state index < -0.39 is 5.54 Å². The van der Waals surface area contributed by atoms with Gasteiger partial charge in [0.1, 0.15) is 12.1 Å². The number of benzene rings is 1. The highest BCUT2D eigenvalue weighted by Crippen LogP contribution is 2.46. The molecular weight excluding hydrogens is 392 g/mol. The SMILES string of the molecule is C[C@@H]1CC(C)(C)C[C@]2(C1)NC(=O)N(C[NH+](C)Cc1ccc(N3CCOCC3)cc1)C2=O. The molecule has 1 aliphatic carbocycles. The summed E-state index contributed by atoms with van der Waals surface area (Å²) >= 11 is 0. The molecule has 1 spiro atoms. The Kier molecular flexibility index (Phi) is 6.01. The van der Waals surface area contributed by atoms with Gasteiger partial charge in [-0.05, 0) is 42.7 Å². The molecule has 4 rings (SSSR count). The van der Waals surface area contributed by atoms with Gasteiger partial charge in [0.25, 0.3) is 5.91 Å². The predicted octanol–water partition coefficient (Wildman–Crippen LogP) is 1.63. The van der Waals surface area contributed by atoms with Crippen molar-refractivity contribution in [2.24, 2.45) is 11.3 Å². The molecule has 3 fully saturated rings. The highest BCUT2D eigenvalue weighted by Gasteiger charge is 2.56. The fourth-order valence-corrected chi connectivity index (χ4v) is 5.97. The lowest BCUT2D eigenvalue weighted by molar-refractivity contribution is -0.901. The van der Waals surface area contributed by atoms with Gasteiger partial charge >= 0.3 is 6.03 Å². The van der Waals surface area contributed by atoms with Gasteiger partial charge in [-0.2, -0.15) is 0 Å². The van der Waals surface area contributed by atoms with Crippen LogP contribution < -0.4 is 15.1 Å². The Morgan fingerprint density at radius 3 is 2.45 bits per heavy atom. The van der Waals surface area contributed by atoms with Crippen LogP contribution in [0.3, 0.4) is 0 Å². The zero-order chi connectivity index (χ0) is 22.2. The molecule has 1 aromatic rings. The summed E-state index contributed by atoms with van der Waals surface area (Å²) in [5, 5.41) is 3.08. The molecule has 7 heteroatoms. The first-order valence-electron chi connectivity index (χ1n) is 11.5. The number of imide groups is 1. The molecule has 31 heavy (non-hydrogen) atoms. The van der Waals surface area contributed by atoms with Crippen molar-refractivity contribution in [3.8, 4) is 0 Å². The van der Waals surface area contributed by atoms with Gasteiger partial charge in [-0.3, -0.25) is 4.79 Å². The molecule has 170 valence electrons. The first-order chi connectivity index (χ1) is 14.7. The van der Waals surface area contributed by atoms with Crippen LogP contribution in [0.2, 0.25) is 0 Å². The van der Waals surface area contributed by atoms with Crippen molar-refractivity contribution >= 4 is 17.6 Å². The summed E-state index contributed by atoms with van der Waals surface area (Å²) < 4.78 is 5.43. The van der Waals surface area contributed by atoms with Crippen LogP contribution >= 0.6 is 0 Å².